The molecule has 1 saturated heterocycles. The molecular weight excluding hydrogens is 336 g/mol. The lowest BCUT2D eigenvalue weighted by Crippen LogP contribution is -2.36. The first kappa shape index (κ1) is 18.4. The van der Waals surface area contributed by atoms with Crippen LogP contribution in [0.3, 0.4) is 0 Å². The van der Waals surface area contributed by atoms with Gasteiger partial charge < -0.3 is 4.90 Å². The quantitative estimate of drug-likeness (QED) is 0.806. The summed E-state index contributed by atoms with van der Waals surface area (Å²) >= 11 is 0. The number of benzene rings is 1. The average Bonchev–Trinajstić information content (AvgIpc) is 3.46. The van der Waals surface area contributed by atoms with Crippen molar-refractivity contribution in [1.82, 2.24) is 9.21 Å². The molecule has 6 heteroatoms. The van der Waals surface area contributed by atoms with E-state index in [0.717, 1.165) is 25.7 Å². The highest BCUT2D eigenvalue weighted by atomic mass is 32.2. The lowest BCUT2D eigenvalue weighted by atomic mass is 10.1. The molecule has 1 aromatic rings. The molecule has 0 radical (unpaired) electrons. The zero-order chi connectivity index (χ0) is 18.0. The van der Waals surface area contributed by atoms with Gasteiger partial charge in [-0.2, -0.15) is 4.31 Å². The molecule has 1 atom stereocenters. The van der Waals surface area contributed by atoms with Crippen molar-refractivity contribution in [2.24, 2.45) is 5.92 Å². The van der Waals surface area contributed by atoms with E-state index in [1.54, 1.807) is 33.5 Å². The third kappa shape index (κ3) is 4.06. The zero-order valence-electron chi connectivity index (χ0n) is 15.1. The minimum Gasteiger partial charge on any atom is -0.339 e. The highest BCUT2D eigenvalue weighted by molar-refractivity contribution is 7.89. The number of hydrogen-bond acceptors (Lipinski definition) is 3. The van der Waals surface area contributed by atoms with Gasteiger partial charge in [-0.1, -0.05) is 12.8 Å². The van der Waals surface area contributed by atoms with Crippen molar-refractivity contribution >= 4 is 15.9 Å². The second-order valence-electron chi connectivity index (χ2n) is 7.34. The molecule has 0 bridgehead atoms. The fourth-order valence-corrected chi connectivity index (χ4v) is 5.00. The van der Waals surface area contributed by atoms with Crippen molar-refractivity contribution in [2.75, 3.05) is 20.1 Å². The van der Waals surface area contributed by atoms with E-state index in [9.17, 15) is 13.2 Å². The van der Waals surface area contributed by atoms with Crippen LogP contribution in [0.5, 0.6) is 0 Å². The summed E-state index contributed by atoms with van der Waals surface area (Å²) in [5.74, 6) is 0.565. The number of rotatable bonds is 5. The molecule has 0 aromatic heterocycles. The second kappa shape index (κ2) is 7.46. The fourth-order valence-electron chi connectivity index (χ4n) is 3.48. The molecule has 1 aromatic carbocycles. The minimum absolute atomic E-state index is 0.0434. The molecule has 0 N–H and O–H groups in total. The molecule has 1 heterocycles. The van der Waals surface area contributed by atoms with E-state index in [4.69, 9.17) is 0 Å². The lowest BCUT2D eigenvalue weighted by molar-refractivity contribution is 0.0727. The molecule has 0 spiro atoms. The van der Waals surface area contributed by atoms with Gasteiger partial charge in [-0.15, -0.1) is 0 Å². The van der Waals surface area contributed by atoms with Crippen molar-refractivity contribution < 1.29 is 13.2 Å². The Morgan fingerprint density at radius 1 is 1.08 bits per heavy atom. The Hall–Kier alpha value is -1.40. The first-order valence-corrected chi connectivity index (χ1v) is 10.7. The molecule has 2 aliphatic rings. The van der Waals surface area contributed by atoms with Crippen LogP contribution < -0.4 is 0 Å². The van der Waals surface area contributed by atoms with Crippen LogP contribution in [0.1, 0.15) is 55.8 Å². The molecule has 3 rings (SSSR count). The average molecular weight is 365 g/mol. The van der Waals surface area contributed by atoms with Crippen molar-refractivity contribution in [2.45, 2.75) is 56.4 Å². The van der Waals surface area contributed by atoms with Gasteiger partial charge in [0.15, 0.2) is 0 Å². The molecule has 1 aliphatic carbocycles. The maximum atomic E-state index is 12.8. The van der Waals surface area contributed by atoms with Gasteiger partial charge in [0.2, 0.25) is 10.0 Å². The topological polar surface area (TPSA) is 57.7 Å². The highest BCUT2D eigenvalue weighted by Gasteiger charge is 2.33. The molecule has 1 unspecified atom stereocenters. The van der Waals surface area contributed by atoms with E-state index in [0.29, 0.717) is 24.6 Å². The minimum atomic E-state index is -3.46. The Kier molecular flexibility index (Phi) is 5.49. The van der Waals surface area contributed by atoms with E-state index >= 15 is 0 Å². The second-order valence-corrected chi connectivity index (χ2v) is 9.27. The van der Waals surface area contributed by atoms with Crippen LogP contribution in [0.2, 0.25) is 0 Å². The Bertz CT molecular complexity index is 703. The Labute approximate surface area is 151 Å². The third-order valence-corrected chi connectivity index (χ3v) is 7.45. The molecule has 138 valence electrons. The summed E-state index contributed by atoms with van der Waals surface area (Å²) in [5, 5.41) is 0. The lowest BCUT2D eigenvalue weighted by Gasteiger charge is -2.25. The SMILES string of the molecule is CC(C1CC1)N(C)C(=O)c1ccc(S(=O)(=O)N2CCCCCC2)cc1. The van der Waals surface area contributed by atoms with Crippen LogP contribution in [-0.2, 0) is 10.0 Å². The molecule has 1 aliphatic heterocycles. The summed E-state index contributed by atoms with van der Waals surface area (Å²) in [7, 11) is -1.63. The molecule has 2 fully saturated rings. The summed E-state index contributed by atoms with van der Waals surface area (Å²) in [6.07, 6.45) is 6.38. The summed E-state index contributed by atoms with van der Waals surface area (Å²) < 4.78 is 27.2. The van der Waals surface area contributed by atoms with E-state index in [1.165, 1.54) is 12.8 Å². The van der Waals surface area contributed by atoms with Crippen LogP contribution in [0.25, 0.3) is 0 Å². The van der Waals surface area contributed by atoms with Crippen LogP contribution in [0, 0.1) is 5.92 Å². The number of amides is 1. The standard InChI is InChI=1S/C19H28N2O3S/c1-15(16-7-8-16)20(2)19(22)17-9-11-18(12-10-17)25(23,24)21-13-5-3-4-6-14-21/h9-12,15-16H,3-8,13-14H2,1-2H3. The molecular formula is C19H28N2O3S. The van der Waals surface area contributed by atoms with Crippen LogP contribution in [0.15, 0.2) is 29.2 Å². The number of hydrogen-bond donors (Lipinski definition) is 0. The van der Waals surface area contributed by atoms with Gasteiger partial charge in [0, 0.05) is 31.7 Å². The fraction of sp³-hybridized carbons (Fsp3) is 0.632. The summed E-state index contributed by atoms with van der Waals surface area (Å²) in [4.78, 5) is 14.6. The first-order valence-electron chi connectivity index (χ1n) is 9.28. The predicted molar refractivity (Wildman–Crippen MR) is 97.9 cm³/mol. The van der Waals surface area contributed by atoms with Gasteiger partial charge in [-0.25, -0.2) is 8.42 Å². The normalized spacial score (nSPS) is 20.7. The Morgan fingerprint density at radius 3 is 2.16 bits per heavy atom. The Morgan fingerprint density at radius 2 is 1.64 bits per heavy atom. The molecule has 1 saturated carbocycles. The summed E-state index contributed by atoms with van der Waals surface area (Å²) in [5.41, 5.74) is 0.546. The molecule has 25 heavy (non-hydrogen) atoms. The van der Waals surface area contributed by atoms with Gasteiger partial charge in [0.25, 0.3) is 5.91 Å². The van der Waals surface area contributed by atoms with Crippen LogP contribution in [-0.4, -0.2) is 49.7 Å². The summed E-state index contributed by atoms with van der Waals surface area (Å²) in [6, 6.07) is 6.66. The van der Waals surface area contributed by atoms with Crippen LogP contribution in [0.4, 0.5) is 0 Å². The van der Waals surface area contributed by atoms with E-state index in [2.05, 4.69) is 6.92 Å². The van der Waals surface area contributed by atoms with Crippen molar-refractivity contribution in [3.8, 4) is 0 Å². The van der Waals surface area contributed by atoms with Gasteiger partial charge in [0.1, 0.15) is 0 Å². The van der Waals surface area contributed by atoms with E-state index in [1.807, 2.05) is 7.05 Å². The van der Waals surface area contributed by atoms with E-state index in [-0.39, 0.29) is 16.8 Å². The monoisotopic (exact) mass is 364 g/mol. The largest absolute Gasteiger partial charge is 0.339 e. The van der Waals surface area contributed by atoms with Crippen molar-refractivity contribution in [1.29, 1.82) is 0 Å². The maximum Gasteiger partial charge on any atom is 0.253 e. The van der Waals surface area contributed by atoms with Gasteiger partial charge in [-0.3, -0.25) is 4.79 Å². The van der Waals surface area contributed by atoms with Crippen LogP contribution >= 0.6 is 0 Å². The van der Waals surface area contributed by atoms with Gasteiger partial charge in [0.05, 0.1) is 4.90 Å². The van der Waals surface area contributed by atoms with Crippen molar-refractivity contribution in [3.05, 3.63) is 29.8 Å². The number of sulfonamides is 1. The molecule has 5 nitrogen and oxygen atoms in total. The number of carbonyl (C=O) groups excluding carboxylic acids is 1. The third-order valence-electron chi connectivity index (χ3n) is 5.54. The summed E-state index contributed by atoms with van der Waals surface area (Å²) in [6.45, 7) is 3.25. The Balaban J connectivity index is 1.73. The number of carbonyl (C=O) groups is 1. The first-order chi connectivity index (χ1) is 11.9. The van der Waals surface area contributed by atoms with Gasteiger partial charge in [-0.05, 0) is 62.8 Å². The highest BCUT2D eigenvalue weighted by Crippen LogP contribution is 2.35. The predicted octanol–water partition coefficient (Wildman–Crippen LogP) is 3.12. The van der Waals surface area contributed by atoms with Crippen molar-refractivity contribution in [3.63, 3.8) is 0 Å². The zero-order valence-corrected chi connectivity index (χ0v) is 16.0. The molecule has 1 amide bonds. The van der Waals surface area contributed by atoms with E-state index < -0.39 is 10.0 Å². The van der Waals surface area contributed by atoms with Gasteiger partial charge >= 0.3 is 0 Å². The smallest absolute Gasteiger partial charge is 0.253 e. The maximum absolute atomic E-state index is 12.8. The number of nitrogens with zero attached hydrogens (tertiary/aromatic N) is 2.